The smallest absolute Gasteiger partial charge is 0.0503 e. The van der Waals surface area contributed by atoms with Crippen LogP contribution in [0.4, 0.5) is 0 Å². The number of rotatable bonds is 10. The lowest BCUT2D eigenvalue weighted by atomic mass is 10.2. The zero-order valence-corrected chi connectivity index (χ0v) is 11.4. The monoisotopic (exact) mass is 234 g/mol. The molecule has 0 aromatic heterocycles. The second-order valence-electron chi connectivity index (χ2n) is 4.26. The molecule has 0 spiro atoms. The van der Waals surface area contributed by atoms with Crippen molar-refractivity contribution in [3.63, 3.8) is 0 Å². The van der Waals surface area contributed by atoms with Gasteiger partial charge in [-0.2, -0.15) is 0 Å². The van der Waals surface area contributed by atoms with Crippen LogP contribution in [0, 0.1) is 0 Å². The van der Waals surface area contributed by atoms with Crippen molar-refractivity contribution in [2.24, 2.45) is 0 Å². The zero-order valence-electron chi connectivity index (χ0n) is 11.4. The molecule has 0 unspecified atom stereocenters. The summed E-state index contributed by atoms with van der Waals surface area (Å²) < 4.78 is 5.60. The molecule has 0 aromatic rings. The summed E-state index contributed by atoms with van der Waals surface area (Å²) in [5.41, 5.74) is 2.76. The third-order valence-corrected chi connectivity index (χ3v) is 2.55. The molecule has 0 fully saturated rings. The number of hydrogen-bond donors (Lipinski definition) is 0. The summed E-state index contributed by atoms with van der Waals surface area (Å²) in [6.45, 7) is 13.3. The standard InChI is InChI=1S/C16H26O/c1-5-7-9-15(3)11-13-17-14-12-16(4)10-8-6-2/h5-6,9-10H,1-2,7-8,11-14H2,3-4H3. The summed E-state index contributed by atoms with van der Waals surface area (Å²) in [5, 5.41) is 0. The minimum absolute atomic E-state index is 0.814. The molecular weight excluding hydrogens is 208 g/mol. The fourth-order valence-electron chi connectivity index (χ4n) is 1.34. The molecular formula is C16H26O. The topological polar surface area (TPSA) is 9.23 Å². The summed E-state index contributed by atoms with van der Waals surface area (Å²) in [6, 6.07) is 0. The maximum Gasteiger partial charge on any atom is 0.0503 e. The molecule has 0 saturated heterocycles. The van der Waals surface area contributed by atoms with E-state index >= 15 is 0 Å². The average Bonchev–Trinajstić information content (AvgIpc) is 2.33. The SMILES string of the molecule is C=CCC=C(C)CCOCCC(C)=CCC=C. The Labute approximate surface area is 107 Å². The van der Waals surface area contributed by atoms with E-state index in [0.29, 0.717) is 0 Å². The van der Waals surface area contributed by atoms with Crippen LogP contribution in [0.25, 0.3) is 0 Å². The first-order chi connectivity index (χ1) is 8.20. The Hall–Kier alpha value is -1.08. The van der Waals surface area contributed by atoms with E-state index in [4.69, 9.17) is 4.74 Å². The molecule has 1 heteroatoms. The van der Waals surface area contributed by atoms with Gasteiger partial charge in [-0.3, -0.25) is 0 Å². The lowest BCUT2D eigenvalue weighted by molar-refractivity contribution is 0.140. The highest BCUT2D eigenvalue weighted by Crippen LogP contribution is 2.05. The lowest BCUT2D eigenvalue weighted by Crippen LogP contribution is -1.98. The summed E-state index contributed by atoms with van der Waals surface area (Å²) in [5.74, 6) is 0. The molecule has 96 valence electrons. The highest BCUT2D eigenvalue weighted by atomic mass is 16.5. The van der Waals surface area contributed by atoms with Crippen LogP contribution in [-0.2, 0) is 4.74 Å². The van der Waals surface area contributed by atoms with Crippen molar-refractivity contribution in [3.05, 3.63) is 48.6 Å². The van der Waals surface area contributed by atoms with Gasteiger partial charge in [-0.05, 0) is 39.5 Å². The Morgan fingerprint density at radius 2 is 1.29 bits per heavy atom. The zero-order chi connectivity index (χ0) is 12.9. The van der Waals surface area contributed by atoms with Gasteiger partial charge in [0.05, 0.1) is 13.2 Å². The fourth-order valence-corrected chi connectivity index (χ4v) is 1.34. The molecule has 0 bridgehead atoms. The van der Waals surface area contributed by atoms with Gasteiger partial charge in [0, 0.05) is 0 Å². The lowest BCUT2D eigenvalue weighted by Gasteiger charge is -2.05. The average molecular weight is 234 g/mol. The first-order valence-electron chi connectivity index (χ1n) is 6.31. The van der Waals surface area contributed by atoms with E-state index in [1.54, 1.807) is 0 Å². The van der Waals surface area contributed by atoms with Crippen LogP contribution in [0.2, 0.25) is 0 Å². The van der Waals surface area contributed by atoms with E-state index in [2.05, 4.69) is 39.2 Å². The van der Waals surface area contributed by atoms with Crippen LogP contribution in [0.5, 0.6) is 0 Å². The summed E-state index contributed by atoms with van der Waals surface area (Å²) in [4.78, 5) is 0. The van der Waals surface area contributed by atoms with Gasteiger partial charge in [-0.1, -0.05) is 35.5 Å². The van der Waals surface area contributed by atoms with Crippen LogP contribution >= 0.6 is 0 Å². The minimum Gasteiger partial charge on any atom is -0.381 e. The van der Waals surface area contributed by atoms with Crippen molar-refractivity contribution in [1.82, 2.24) is 0 Å². The van der Waals surface area contributed by atoms with Crippen molar-refractivity contribution in [3.8, 4) is 0 Å². The molecule has 0 aliphatic carbocycles. The first kappa shape index (κ1) is 15.9. The van der Waals surface area contributed by atoms with Crippen LogP contribution in [0.3, 0.4) is 0 Å². The number of allylic oxidation sites excluding steroid dienone is 4. The second kappa shape index (κ2) is 11.4. The van der Waals surface area contributed by atoms with Gasteiger partial charge in [0.1, 0.15) is 0 Å². The Bertz CT molecular complexity index is 243. The van der Waals surface area contributed by atoms with E-state index in [1.807, 2.05) is 12.2 Å². The van der Waals surface area contributed by atoms with E-state index in [0.717, 1.165) is 38.9 Å². The molecule has 0 amide bonds. The highest BCUT2D eigenvalue weighted by molar-refractivity contribution is 5.01. The highest BCUT2D eigenvalue weighted by Gasteiger charge is 1.93. The predicted molar refractivity (Wildman–Crippen MR) is 77.2 cm³/mol. The van der Waals surface area contributed by atoms with Crippen LogP contribution < -0.4 is 0 Å². The fraction of sp³-hybridized carbons (Fsp3) is 0.500. The van der Waals surface area contributed by atoms with E-state index in [-0.39, 0.29) is 0 Å². The quantitative estimate of drug-likeness (QED) is 0.388. The molecule has 1 nitrogen and oxygen atoms in total. The summed E-state index contributed by atoms with van der Waals surface area (Å²) in [6.07, 6.45) is 12.2. The normalized spacial score (nSPS) is 12.6. The van der Waals surface area contributed by atoms with E-state index in [1.165, 1.54) is 11.1 Å². The van der Waals surface area contributed by atoms with Crippen LogP contribution in [0.1, 0.15) is 39.5 Å². The Morgan fingerprint density at radius 3 is 1.65 bits per heavy atom. The number of hydrogen-bond acceptors (Lipinski definition) is 1. The van der Waals surface area contributed by atoms with Crippen molar-refractivity contribution < 1.29 is 4.74 Å². The van der Waals surface area contributed by atoms with Gasteiger partial charge in [0.25, 0.3) is 0 Å². The maximum atomic E-state index is 5.60. The van der Waals surface area contributed by atoms with E-state index in [9.17, 15) is 0 Å². The molecule has 0 aliphatic heterocycles. The Morgan fingerprint density at radius 1 is 0.882 bits per heavy atom. The van der Waals surface area contributed by atoms with Crippen molar-refractivity contribution in [2.75, 3.05) is 13.2 Å². The molecule has 0 saturated carbocycles. The molecule has 17 heavy (non-hydrogen) atoms. The summed E-state index contributed by atoms with van der Waals surface area (Å²) in [7, 11) is 0. The molecule has 0 aromatic carbocycles. The molecule has 0 rings (SSSR count). The van der Waals surface area contributed by atoms with E-state index < -0.39 is 0 Å². The van der Waals surface area contributed by atoms with Gasteiger partial charge in [-0.15, -0.1) is 13.2 Å². The first-order valence-corrected chi connectivity index (χ1v) is 6.31. The third-order valence-electron chi connectivity index (χ3n) is 2.55. The van der Waals surface area contributed by atoms with Gasteiger partial charge >= 0.3 is 0 Å². The Balaban J connectivity index is 3.52. The van der Waals surface area contributed by atoms with Crippen molar-refractivity contribution >= 4 is 0 Å². The predicted octanol–water partition coefficient (Wildman–Crippen LogP) is 4.83. The second-order valence-corrected chi connectivity index (χ2v) is 4.26. The van der Waals surface area contributed by atoms with Crippen LogP contribution in [-0.4, -0.2) is 13.2 Å². The van der Waals surface area contributed by atoms with Gasteiger partial charge in [0.2, 0.25) is 0 Å². The molecule has 0 atom stereocenters. The molecule has 0 N–H and O–H groups in total. The van der Waals surface area contributed by atoms with Gasteiger partial charge in [-0.25, -0.2) is 0 Å². The van der Waals surface area contributed by atoms with Crippen LogP contribution in [0.15, 0.2) is 48.6 Å². The number of ether oxygens (including phenoxy) is 1. The van der Waals surface area contributed by atoms with Gasteiger partial charge < -0.3 is 4.74 Å². The minimum atomic E-state index is 0.814. The molecule has 0 aliphatic rings. The summed E-state index contributed by atoms with van der Waals surface area (Å²) >= 11 is 0. The maximum absolute atomic E-state index is 5.60. The van der Waals surface area contributed by atoms with Crippen molar-refractivity contribution in [1.29, 1.82) is 0 Å². The largest absolute Gasteiger partial charge is 0.381 e. The van der Waals surface area contributed by atoms with Crippen molar-refractivity contribution in [2.45, 2.75) is 39.5 Å². The molecule has 0 radical (unpaired) electrons. The van der Waals surface area contributed by atoms with Gasteiger partial charge in [0.15, 0.2) is 0 Å². The third kappa shape index (κ3) is 11.2. The Kier molecular flexibility index (Phi) is 10.7. The molecule has 0 heterocycles.